The van der Waals surface area contributed by atoms with Gasteiger partial charge in [0.05, 0.1) is 12.5 Å². The number of carboxylic acids is 1. The Labute approximate surface area is 89.2 Å². The molecule has 0 saturated heterocycles. The SMILES string of the molecule is CC(COCCCSCCN)C(=O)O. The van der Waals surface area contributed by atoms with Crippen molar-refractivity contribution in [2.75, 3.05) is 31.3 Å². The van der Waals surface area contributed by atoms with Crippen LogP contribution in [0.5, 0.6) is 0 Å². The van der Waals surface area contributed by atoms with Gasteiger partial charge in [0.15, 0.2) is 0 Å². The molecule has 0 bridgehead atoms. The molecule has 0 fully saturated rings. The first kappa shape index (κ1) is 13.7. The van der Waals surface area contributed by atoms with E-state index in [-0.39, 0.29) is 0 Å². The van der Waals surface area contributed by atoms with E-state index >= 15 is 0 Å². The number of thioether (sulfide) groups is 1. The van der Waals surface area contributed by atoms with Crippen LogP contribution in [-0.4, -0.2) is 42.3 Å². The van der Waals surface area contributed by atoms with Crippen LogP contribution in [-0.2, 0) is 9.53 Å². The molecule has 5 heteroatoms. The van der Waals surface area contributed by atoms with Crippen molar-refractivity contribution in [2.45, 2.75) is 13.3 Å². The van der Waals surface area contributed by atoms with Crippen molar-refractivity contribution in [2.24, 2.45) is 11.7 Å². The van der Waals surface area contributed by atoms with Gasteiger partial charge >= 0.3 is 5.97 Å². The number of nitrogens with two attached hydrogens (primary N) is 1. The van der Waals surface area contributed by atoms with Crippen molar-refractivity contribution >= 4 is 17.7 Å². The summed E-state index contributed by atoms with van der Waals surface area (Å²) in [5.74, 6) is 0.790. The zero-order valence-corrected chi connectivity index (χ0v) is 9.39. The number of hydrogen-bond acceptors (Lipinski definition) is 4. The van der Waals surface area contributed by atoms with Gasteiger partial charge in [-0.15, -0.1) is 0 Å². The van der Waals surface area contributed by atoms with E-state index in [9.17, 15) is 4.79 Å². The minimum Gasteiger partial charge on any atom is -0.481 e. The Balaban J connectivity index is 3.09. The summed E-state index contributed by atoms with van der Waals surface area (Å²) in [6.45, 7) is 3.29. The minimum atomic E-state index is -0.803. The quantitative estimate of drug-likeness (QED) is 0.564. The summed E-state index contributed by atoms with van der Waals surface area (Å²) in [6.07, 6.45) is 0.955. The molecule has 0 radical (unpaired) electrons. The molecule has 0 aromatic rings. The van der Waals surface area contributed by atoms with Crippen LogP contribution in [0.4, 0.5) is 0 Å². The number of ether oxygens (including phenoxy) is 1. The van der Waals surface area contributed by atoms with Gasteiger partial charge in [0.25, 0.3) is 0 Å². The molecule has 0 saturated carbocycles. The summed E-state index contributed by atoms with van der Waals surface area (Å²) in [4.78, 5) is 10.4. The molecule has 0 aliphatic rings. The van der Waals surface area contributed by atoms with Gasteiger partial charge < -0.3 is 15.6 Å². The van der Waals surface area contributed by atoms with Crippen molar-refractivity contribution in [3.05, 3.63) is 0 Å². The van der Waals surface area contributed by atoms with Gasteiger partial charge in [-0.3, -0.25) is 4.79 Å². The van der Waals surface area contributed by atoms with Crippen molar-refractivity contribution in [1.82, 2.24) is 0 Å². The largest absolute Gasteiger partial charge is 0.481 e. The highest BCUT2D eigenvalue weighted by atomic mass is 32.2. The molecule has 3 N–H and O–H groups in total. The van der Waals surface area contributed by atoms with E-state index in [1.54, 1.807) is 18.7 Å². The van der Waals surface area contributed by atoms with Crippen molar-refractivity contribution in [1.29, 1.82) is 0 Å². The number of carbonyl (C=O) groups is 1. The van der Waals surface area contributed by atoms with E-state index in [1.165, 1.54) is 0 Å². The lowest BCUT2D eigenvalue weighted by Crippen LogP contribution is -2.16. The summed E-state index contributed by atoms with van der Waals surface area (Å²) < 4.78 is 5.21. The normalized spacial score (nSPS) is 12.7. The monoisotopic (exact) mass is 221 g/mol. The molecule has 0 rings (SSSR count). The van der Waals surface area contributed by atoms with E-state index in [4.69, 9.17) is 15.6 Å². The Kier molecular flexibility index (Phi) is 9.13. The average molecular weight is 221 g/mol. The molecule has 84 valence electrons. The first-order valence-electron chi connectivity index (χ1n) is 4.76. The van der Waals surface area contributed by atoms with Crippen molar-refractivity contribution in [3.63, 3.8) is 0 Å². The Morgan fingerprint density at radius 3 is 2.86 bits per heavy atom. The van der Waals surface area contributed by atoms with Crippen LogP contribution in [0.1, 0.15) is 13.3 Å². The Morgan fingerprint density at radius 2 is 2.29 bits per heavy atom. The fraction of sp³-hybridized carbons (Fsp3) is 0.889. The molecule has 14 heavy (non-hydrogen) atoms. The minimum absolute atomic E-state index is 0.302. The van der Waals surface area contributed by atoms with E-state index < -0.39 is 11.9 Å². The molecule has 1 atom stereocenters. The van der Waals surface area contributed by atoms with Gasteiger partial charge in [0, 0.05) is 18.9 Å². The lowest BCUT2D eigenvalue weighted by Gasteiger charge is -2.07. The number of hydrogen-bond donors (Lipinski definition) is 2. The number of aliphatic carboxylic acids is 1. The fourth-order valence-electron chi connectivity index (χ4n) is 0.780. The van der Waals surface area contributed by atoms with E-state index in [0.29, 0.717) is 19.8 Å². The molecular weight excluding hydrogens is 202 g/mol. The second-order valence-electron chi connectivity index (χ2n) is 3.07. The molecule has 0 aliphatic heterocycles. The third kappa shape index (κ3) is 8.34. The molecule has 0 heterocycles. The zero-order valence-electron chi connectivity index (χ0n) is 8.57. The van der Waals surface area contributed by atoms with E-state index in [0.717, 1.165) is 17.9 Å². The molecular formula is C9H19NO3S. The van der Waals surface area contributed by atoms with Crippen LogP contribution in [0.2, 0.25) is 0 Å². The van der Waals surface area contributed by atoms with Crippen molar-refractivity contribution < 1.29 is 14.6 Å². The van der Waals surface area contributed by atoms with Crippen LogP contribution in [0.3, 0.4) is 0 Å². The first-order chi connectivity index (χ1) is 6.68. The predicted molar refractivity (Wildman–Crippen MR) is 58.6 cm³/mol. The number of rotatable bonds is 9. The van der Waals surface area contributed by atoms with Crippen LogP contribution < -0.4 is 5.73 Å². The average Bonchev–Trinajstić information content (AvgIpc) is 2.16. The molecule has 0 aliphatic carbocycles. The van der Waals surface area contributed by atoms with Crippen molar-refractivity contribution in [3.8, 4) is 0 Å². The van der Waals surface area contributed by atoms with Gasteiger partial charge in [0.1, 0.15) is 0 Å². The standard InChI is InChI=1S/C9H19NO3S/c1-8(9(11)12)7-13-4-2-5-14-6-3-10/h8H,2-7,10H2,1H3,(H,11,12). The highest BCUT2D eigenvalue weighted by Gasteiger charge is 2.09. The lowest BCUT2D eigenvalue weighted by atomic mass is 10.2. The third-order valence-electron chi connectivity index (χ3n) is 1.63. The Bertz CT molecular complexity index is 155. The molecule has 0 amide bonds. The Hall–Kier alpha value is -0.260. The van der Waals surface area contributed by atoms with Crippen LogP contribution in [0, 0.1) is 5.92 Å². The smallest absolute Gasteiger partial charge is 0.308 e. The molecule has 0 aromatic carbocycles. The summed E-state index contributed by atoms with van der Waals surface area (Å²) in [7, 11) is 0. The van der Waals surface area contributed by atoms with Gasteiger partial charge in [-0.25, -0.2) is 0 Å². The summed E-state index contributed by atoms with van der Waals surface area (Å²) >= 11 is 1.80. The first-order valence-corrected chi connectivity index (χ1v) is 5.92. The van der Waals surface area contributed by atoms with Crippen LogP contribution >= 0.6 is 11.8 Å². The second kappa shape index (κ2) is 9.30. The maximum absolute atomic E-state index is 10.4. The molecule has 4 nitrogen and oxygen atoms in total. The molecule has 0 spiro atoms. The van der Waals surface area contributed by atoms with Gasteiger partial charge in [0.2, 0.25) is 0 Å². The second-order valence-corrected chi connectivity index (χ2v) is 4.29. The highest BCUT2D eigenvalue weighted by Crippen LogP contribution is 2.02. The predicted octanol–water partition coefficient (Wildman–Crippen LogP) is 0.806. The highest BCUT2D eigenvalue weighted by molar-refractivity contribution is 7.99. The topological polar surface area (TPSA) is 72.5 Å². The summed E-state index contributed by atoms with van der Waals surface area (Å²) in [5.41, 5.74) is 5.33. The fourth-order valence-corrected chi connectivity index (χ4v) is 1.47. The van der Waals surface area contributed by atoms with Gasteiger partial charge in [-0.1, -0.05) is 0 Å². The van der Waals surface area contributed by atoms with Crippen LogP contribution in [0.25, 0.3) is 0 Å². The Morgan fingerprint density at radius 1 is 1.57 bits per heavy atom. The van der Waals surface area contributed by atoms with Gasteiger partial charge in [-0.05, 0) is 19.1 Å². The molecule has 1 unspecified atom stereocenters. The molecule has 0 aromatic heterocycles. The summed E-state index contributed by atoms with van der Waals surface area (Å²) in [6, 6.07) is 0. The summed E-state index contributed by atoms with van der Waals surface area (Å²) in [5, 5.41) is 8.56. The maximum atomic E-state index is 10.4. The van der Waals surface area contributed by atoms with E-state index in [2.05, 4.69) is 0 Å². The van der Waals surface area contributed by atoms with Gasteiger partial charge in [-0.2, -0.15) is 11.8 Å². The zero-order chi connectivity index (χ0) is 10.8. The number of carboxylic acid groups (broad SMARTS) is 1. The van der Waals surface area contributed by atoms with E-state index in [1.807, 2.05) is 0 Å². The lowest BCUT2D eigenvalue weighted by molar-refractivity contribution is -0.143. The maximum Gasteiger partial charge on any atom is 0.308 e. The third-order valence-corrected chi connectivity index (χ3v) is 2.73. The van der Waals surface area contributed by atoms with Crippen LogP contribution in [0.15, 0.2) is 0 Å².